The van der Waals surface area contributed by atoms with Gasteiger partial charge in [-0.3, -0.25) is 9.55 Å². The van der Waals surface area contributed by atoms with Crippen molar-refractivity contribution in [3.05, 3.63) is 89.2 Å². The summed E-state index contributed by atoms with van der Waals surface area (Å²) in [6.45, 7) is 2.00. The van der Waals surface area contributed by atoms with Crippen molar-refractivity contribution in [2.75, 3.05) is 0 Å². The van der Waals surface area contributed by atoms with Gasteiger partial charge in [0.15, 0.2) is 11.0 Å². The predicted molar refractivity (Wildman–Crippen MR) is 110 cm³/mol. The van der Waals surface area contributed by atoms with Crippen LogP contribution in [0, 0.1) is 6.92 Å². The zero-order valence-electron chi connectivity index (χ0n) is 14.7. The van der Waals surface area contributed by atoms with Crippen molar-refractivity contribution in [1.82, 2.24) is 19.7 Å². The van der Waals surface area contributed by atoms with Gasteiger partial charge in [0.25, 0.3) is 0 Å². The summed E-state index contributed by atoms with van der Waals surface area (Å²) >= 11 is 7.88. The number of pyridine rings is 1. The van der Waals surface area contributed by atoms with Crippen molar-refractivity contribution in [3.63, 3.8) is 0 Å². The van der Waals surface area contributed by atoms with Crippen LogP contribution in [-0.4, -0.2) is 19.7 Å². The lowest BCUT2D eigenvalue weighted by molar-refractivity contribution is 0.885. The largest absolute Gasteiger partial charge is 0.270 e. The van der Waals surface area contributed by atoms with Crippen LogP contribution in [0.4, 0.5) is 0 Å². The summed E-state index contributed by atoms with van der Waals surface area (Å²) in [5, 5.41) is 10.5. The fraction of sp³-hybridized carbons (Fsp3) is 0.0952. The lowest BCUT2D eigenvalue weighted by Gasteiger charge is -2.11. The predicted octanol–water partition coefficient (Wildman–Crippen LogP) is 5.58. The Morgan fingerprint density at radius 3 is 2.59 bits per heavy atom. The maximum atomic E-state index is 6.22. The van der Waals surface area contributed by atoms with Gasteiger partial charge < -0.3 is 0 Å². The third kappa shape index (κ3) is 3.89. The SMILES string of the molecule is Cc1cc(-n2c(SCc3ccccc3)nnc2-c2cccnc2)ccc1Cl. The van der Waals surface area contributed by atoms with E-state index in [4.69, 9.17) is 11.6 Å². The molecule has 0 bridgehead atoms. The summed E-state index contributed by atoms with van der Waals surface area (Å²) in [6, 6.07) is 20.2. The molecule has 0 atom stereocenters. The average Bonchev–Trinajstić information content (AvgIpc) is 3.14. The van der Waals surface area contributed by atoms with Gasteiger partial charge in [-0.1, -0.05) is 53.7 Å². The fourth-order valence-electron chi connectivity index (χ4n) is 2.77. The Balaban J connectivity index is 1.77. The minimum absolute atomic E-state index is 0.744. The molecule has 0 saturated carbocycles. The first-order chi connectivity index (χ1) is 13.2. The number of aryl methyl sites for hydroxylation is 1. The molecular formula is C21H17ClN4S. The molecule has 27 heavy (non-hydrogen) atoms. The van der Waals surface area contributed by atoms with Crippen molar-refractivity contribution >= 4 is 23.4 Å². The van der Waals surface area contributed by atoms with Crippen LogP contribution in [0.25, 0.3) is 17.1 Å². The molecule has 4 aromatic rings. The van der Waals surface area contributed by atoms with Crippen LogP contribution in [0.5, 0.6) is 0 Å². The maximum Gasteiger partial charge on any atom is 0.196 e. The molecule has 0 aliphatic carbocycles. The Bertz CT molecular complexity index is 1050. The summed E-state index contributed by atoms with van der Waals surface area (Å²) in [7, 11) is 0. The quantitative estimate of drug-likeness (QED) is 0.415. The number of thioether (sulfide) groups is 1. The Morgan fingerprint density at radius 2 is 1.85 bits per heavy atom. The molecule has 0 spiro atoms. The molecule has 0 aliphatic rings. The van der Waals surface area contributed by atoms with Crippen LogP contribution in [0.3, 0.4) is 0 Å². The molecule has 2 aromatic heterocycles. The molecule has 0 fully saturated rings. The van der Waals surface area contributed by atoms with Crippen LogP contribution in [0.1, 0.15) is 11.1 Å². The molecule has 2 aromatic carbocycles. The summed E-state index contributed by atoms with van der Waals surface area (Å²) in [4.78, 5) is 4.22. The molecule has 0 amide bonds. The first kappa shape index (κ1) is 17.8. The monoisotopic (exact) mass is 392 g/mol. The Kier molecular flexibility index (Phi) is 5.23. The molecule has 6 heteroatoms. The normalized spacial score (nSPS) is 10.9. The van der Waals surface area contributed by atoms with Crippen molar-refractivity contribution in [3.8, 4) is 17.1 Å². The molecule has 4 rings (SSSR count). The smallest absolute Gasteiger partial charge is 0.196 e. The minimum atomic E-state index is 0.744. The third-order valence-corrected chi connectivity index (χ3v) is 5.59. The number of rotatable bonds is 5. The molecule has 0 saturated heterocycles. The van der Waals surface area contributed by atoms with Crippen molar-refractivity contribution in [2.45, 2.75) is 17.8 Å². The highest BCUT2D eigenvalue weighted by Gasteiger charge is 2.17. The molecule has 2 heterocycles. The minimum Gasteiger partial charge on any atom is -0.270 e. The Hall–Kier alpha value is -2.63. The molecule has 4 nitrogen and oxygen atoms in total. The second-order valence-corrected chi connectivity index (χ2v) is 7.44. The van der Waals surface area contributed by atoms with E-state index in [1.165, 1.54) is 5.56 Å². The average molecular weight is 393 g/mol. The zero-order valence-corrected chi connectivity index (χ0v) is 16.3. The summed E-state index contributed by atoms with van der Waals surface area (Å²) in [5.41, 5.74) is 4.16. The topological polar surface area (TPSA) is 43.6 Å². The zero-order chi connectivity index (χ0) is 18.6. The van der Waals surface area contributed by atoms with E-state index in [2.05, 4.69) is 37.9 Å². The van der Waals surface area contributed by atoms with Gasteiger partial charge in [-0.25, -0.2) is 0 Å². The van der Waals surface area contributed by atoms with Crippen LogP contribution >= 0.6 is 23.4 Å². The van der Waals surface area contributed by atoms with Gasteiger partial charge in [0.05, 0.1) is 5.69 Å². The summed E-state index contributed by atoms with van der Waals surface area (Å²) < 4.78 is 2.06. The standard InChI is InChI=1S/C21H17ClN4S/c1-15-12-18(9-10-19(15)22)26-20(17-8-5-11-23-13-17)24-25-21(26)27-14-16-6-3-2-4-7-16/h2-13H,14H2,1H3. The van der Waals surface area contributed by atoms with Gasteiger partial charge in [0.2, 0.25) is 0 Å². The number of benzene rings is 2. The molecule has 0 aliphatic heterocycles. The van der Waals surface area contributed by atoms with Crippen LogP contribution < -0.4 is 0 Å². The molecule has 0 radical (unpaired) electrons. The summed E-state index contributed by atoms with van der Waals surface area (Å²) in [5.74, 6) is 1.58. The van der Waals surface area contributed by atoms with Gasteiger partial charge in [-0.2, -0.15) is 0 Å². The van der Waals surface area contributed by atoms with Crippen LogP contribution in [0.2, 0.25) is 5.02 Å². The van der Waals surface area contributed by atoms with Gasteiger partial charge in [-0.15, -0.1) is 10.2 Å². The van der Waals surface area contributed by atoms with E-state index in [1.54, 1.807) is 24.2 Å². The van der Waals surface area contributed by atoms with E-state index in [-0.39, 0.29) is 0 Å². The van der Waals surface area contributed by atoms with E-state index in [9.17, 15) is 0 Å². The number of hydrogen-bond donors (Lipinski definition) is 0. The Morgan fingerprint density at radius 1 is 1.00 bits per heavy atom. The van der Waals surface area contributed by atoms with E-state index in [0.717, 1.165) is 38.6 Å². The van der Waals surface area contributed by atoms with Crippen molar-refractivity contribution < 1.29 is 0 Å². The second kappa shape index (κ2) is 7.94. The summed E-state index contributed by atoms with van der Waals surface area (Å²) in [6.07, 6.45) is 3.55. The van der Waals surface area contributed by atoms with Crippen molar-refractivity contribution in [1.29, 1.82) is 0 Å². The van der Waals surface area contributed by atoms with Gasteiger partial charge in [0, 0.05) is 28.7 Å². The third-order valence-electron chi connectivity index (χ3n) is 4.16. The second-order valence-electron chi connectivity index (χ2n) is 6.09. The van der Waals surface area contributed by atoms with Crippen LogP contribution in [-0.2, 0) is 5.75 Å². The maximum absolute atomic E-state index is 6.22. The molecular weight excluding hydrogens is 376 g/mol. The highest BCUT2D eigenvalue weighted by atomic mass is 35.5. The number of nitrogens with zero attached hydrogens (tertiary/aromatic N) is 4. The first-order valence-electron chi connectivity index (χ1n) is 8.51. The molecule has 0 unspecified atom stereocenters. The van der Waals surface area contributed by atoms with Crippen molar-refractivity contribution in [2.24, 2.45) is 0 Å². The lowest BCUT2D eigenvalue weighted by Crippen LogP contribution is -2.00. The van der Waals surface area contributed by atoms with Gasteiger partial charge >= 0.3 is 0 Å². The van der Waals surface area contributed by atoms with Gasteiger partial charge in [0.1, 0.15) is 0 Å². The van der Waals surface area contributed by atoms with E-state index < -0.39 is 0 Å². The highest BCUT2D eigenvalue weighted by Crippen LogP contribution is 2.30. The lowest BCUT2D eigenvalue weighted by atomic mass is 10.2. The number of halogens is 1. The van der Waals surface area contributed by atoms with E-state index in [0.29, 0.717) is 0 Å². The fourth-order valence-corrected chi connectivity index (χ4v) is 3.79. The van der Waals surface area contributed by atoms with Gasteiger partial charge in [-0.05, 0) is 48.4 Å². The Labute approximate surface area is 167 Å². The van der Waals surface area contributed by atoms with E-state index >= 15 is 0 Å². The first-order valence-corrected chi connectivity index (χ1v) is 9.88. The van der Waals surface area contributed by atoms with Crippen LogP contribution in [0.15, 0.2) is 78.2 Å². The van der Waals surface area contributed by atoms with E-state index in [1.807, 2.05) is 49.4 Å². The highest BCUT2D eigenvalue weighted by molar-refractivity contribution is 7.98. The number of aromatic nitrogens is 4. The molecule has 0 N–H and O–H groups in total. The molecule has 134 valence electrons. The number of hydrogen-bond acceptors (Lipinski definition) is 4.